The third-order valence-electron chi connectivity index (χ3n) is 5.23. The lowest BCUT2D eigenvalue weighted by molar-refractivity contribution is 0.0489. The number of amides is 1. The van der Waals surface area contributed by atoms with Crippen LogP contribution in [0.25, 0.3) is 0 Å². The average molecular weight is 325 g/mol. The van der Waals surface area contributed by atoms with Gasteiger partial charge in [0.1, 0.15) is 5.60 Å². The van der Waals surface area contributed by atoms with Gasteiger partial charge in [-0.25, -0.2) is 4.79 Å². The summed E-state index contributed by atoms with van der Waals surface area (Å²) < 4.78 is 5.35. The smallest absolute Gasteiger partial charge is 0.407 e. The molecule has 0 heterocycles. The van der Waals surface area contributed by atoms with Crippen molar-refractivity contribution >= 4 is 6.09 Å². The van der Waals surface area contributed by atoms with Crippen molar-refractivity contribution in [3.05, 3.63) is 0 Å². The predicted molar refractivity (Wildman–Crippen MR) is 94.5 cm³/mol. The fraction of sp³-hybridized carbons (Fsp3) is 0.947. The van der Waals surface area contributed by atoms with Crippen molar-refractivity contribution in [2.75, 3.05) is 0 Å². The van der Waals surface area contributed by atoms with Gasteiger partial charge in [0.15, 0.2) is 0 Å². The van der Waals surface area contributed by atoms with E-state index >= 15 is 0 Å². The van der Waals surface area contributed by atoms with E-state index in [0.29, 0.717) is 17.5 Å². The minimum Gasteiger partial charge on any atom is -0.444 e. The van der Waals surface area contributed by atoms with E-state index in [1.807, 2.05) is 20.8 Å². The first-order chi connectivity index (χ1) is 10.5. The fourth-order valence-electron chi connectivity index (χ4n) is 4.30. The molecular weight excluding hydrogens is 288 g/mol. The molecule has 0 radical (unpaired) electrons. The Hall–Kier alpha value is -0.770. The quantitative estimate of drug-likeness (QED) is 0.816. The highest BCUT2D eigenvalue weighted by atomic mass is 16.6. The third kappa shape index (κ3) is 5.98. The van der Waals surface area contributed by atoms with E-state index in [4.69, 9.17) is 4.74 Å². The molecular formula is C19H36N2O2. The van der Waals surface area contributed by atoms with Gasteiger partial charge in [-0.15, -0.1) is 0 Å². The Kier molecular flexibility index (Phi) is 5.65. The van der Waals surface area contributed by atoms with Crippen LogP contribution in [0.2, 0.25) is 0 Å². The molecule has 2 unspecified atom stereocenters. The largest absolute Gasteiger partial charge is 0.444 e. The first kappa shape index (κ1) is 18.6. The summed E-state index contributed by atoms with van der Waals surface area (Å²) in [5, 5.41) is 6.91. The topological polar surface area (TPSA) is 50.4 Å². The van der Waals surface area contributed by atoms with Gasteiger partial charge >= 0.3 is 6.09 Å². The molecule has 2 atom stereocenters. The van der Waals surface area contributed by atoms with Crippen LogP contribution in [0.5, 0.6) is 0 Å². The van der Waals surface area contributed by atoms with Gasteiger partial charge in [0.2, 0.25) is 0 Å². The van der Waals surface area contributed by atoms with Gasteiger partial charge in [-0.3, -0.25) is 0 Å². The molecule has 0 bridgehead atoms. The molecule has 2 saturated carbocycles. The molecule has 0 aromatic rings. The van der Waals surface area contributed by atoms with Gasteiger partial charge in [-0.2, -0.15) is 0 Å². The van der Waals surface area contributed by atoms with Crippen LogP contribution in [0.15, 0.2) is 0 Å². The average Bonchev–Trinajstić information content (AvgIpc) is 2.62. The maximum Gasteiger partial charge on any atom is 0.407 e. The van der Waals surface area contributed by atoms with Gasteiger partial charge < -0.3 is 15.4 Å². The highest BCUT2D eigenvalue weighted by Gasteiger charge is 2.38. The fourth-order valence-corrected chi connectivity index (χ4v) is 4.30. The van der Waals surface area contributed by atoms with Crippen molar-refractivity contribution in [2.24, 2.45) is 11.3 Å². The summed E-state index contributed by atoms with van der Waals surface area (Å²) in [7, 11) is 0. The van der Waals surface area contributed by atoms with Gasteiger partial charge in [0.25, 0.3) is 0 Å². The first-order valence-electron chi connectivity index (χ1n) is 9.30. The summed E-state index contributed by atoms with van der Waals surface area (Å²) in [5.74, 6) is 0.766. The van der Waals surface area contributed by atoms with Crippen molar-refractivity contribution in [1.82, 2.24) is 10.6 Å². The Morgan fingerprint density at radius 3 is 2.09 bits per heavy atom. The molecule has 0 aromatic heterocycles. The zero-order chi connectivity index (χ0) is 17.3. The maximum absolute atomic E-state index is 11.9. The van der Waals surface area contributed by atoms with Gasteiger partial charge in [0, 0.05) is 18.1 Å². The Bertz CT molecular complexity index is 406. The molecule has 2 aliphatic carbocycles. The Morgan fingerprint density at radius 2 is 1.61 bits per heavy atom. The minimum atomic E-state index is -0.422. The SMILES string of the molecule is CC1CC(C)(C)CC1NC1CCC(NC(=O)OC(C)(C)C)CC1. The zero-order valence-electron chi connectivity index (χ0n) is 15.9. The number of carbonyl (C=O) groups excluding carboxylic acids is 1. The number of carbonyl (C=O) groups is 1. The number of hydrogen-bond acceptors (Lipinski definition) is 3. The zero-order valence-corrected chi connectivity index (χ0v) is 15.9. The molecule has 0 aliphatic heterocycles. The Labute approximate surface area is 142 Å². The minimum absolute atomic E-state index is 0.264. The van der Waals surface area contributed by atoms with Crippen LogP contribution in [0, 0.1) is 11.3 Å². The summed E-state index contributed by atoms with van der Waals surface area (Å²) in [6.07, 6.45) is 6.70. The van der Waals surface area contributed by atoms with Crippen molar-refractivity contribution in [1.29, 1.82) is 0 Å². The molecule has 4 nitrogen and oxygen atoms in total. The van der Waals surface area contributed by atoms with Crippen LogP contribution in [0.4, 0.5) is 4.79 Å². The Morgan fingerprint density at radius 1 is 1.04 bits per heavy atom. The van der Waals surface area contributed by atoms with Crippen molar-refractivity contribution in [3.8, 4) is 0 Å². The third-order valence-corrected chi connectivity index (χ3v) is 5.23. The highest BCUT2D eigenvalue weighted by molar-refractivity contribution is 5.68. The van der Waals surface area contributed by atoms with E-state index in [-0.39, 0.29) is 12.1 Å². The summed E-state index contributed by atoms with van der Waals surface area (Å²) in [4.78, 5) is 11.9. The van der Waals surface area contributed by atoms with Crippen LogP contribution in [0.3, 0.4) is 0 Å². The molecule has 2 rings (SSSR count). The van der Waals surface area contributed by atoms with Crippen molar-refractivity contribution in [3.63, 3.8) is 0 Å². The van der Waals surface area contributed by atoms with E-state index in [2.05, 4.69) is 31.4 Å². The molecule has 23 heavy (non-hydrogen) atoms. The molecule has 4 heteroatoms. The van der Waals surface area contributed by atoms with E-state index in [0.717, 1.165) is 31.6 Å². The monoisotopic (exact) mass is 324 g/mol. The number of alkyl carbamates (subject to hydrolysis) is 1. The summed E-state index contributed by atoms with van der Waals surface area (Å²) in [6, 6.07) is 1.53. The molecule has 0 spiro atoms. The second-order valence-electron chi connectivity index (χ2n) is 9.52. The Balaban J connectivity index is 1.71. The summed E-state index contributed by atoms with van der Waals surface area (Å²) >= 11 is 0. The van der Waals surface area contributed by atoms with E-state index in [1.165, 1.54) is 12.8 Å². The lowest BCUT2D eigenvalue weighted by atomic mass is 9.89. The van der Waals surface area contributed by atoms with E-state index < -0.39 is 5.60 Å². The van der Waals surface area contributed by atoms with Crippen LogP contribution in [0.1, 0.15) is 80.1 Å². The standard InChI is InChI=1S/C19H36N2O2/c1-13-11-19(5,6)12-16(13)20-14-7-9-15(10-8-14)21-17(22)23-18(2,3)4/h13-16,20H,7-12H2,1-6H3,(H,21,22). The summed E-state index contributed by atoms with van der Waals surface area (Å²) in [6.45, 7) is 12.8. The molecule has 2 N–H and O–H groups in total. The maximum atomic E-state index is 11.9. The number of ether oxygens (including phenoxy) is 1. The second-order valence-corrected chi connectivity index (χ2v) is 9.52. The van der Waals surface area contributed by atoms with Crippen LogP contribution in [-0.2, 0) is 4.74 Å². The molecule has 0 saturated heterocycles. The number of hydrogen-bond donors (Lipinski definition) is 2. The molecule has 0 aromatic carbocycles. The van der Waals surface area contributed by atoms with Crippen molar-refractivity contribution < 1.29 is 9.53 Å². The van der Waals surface area contributed by atoms with Gasteiger partial charge in [-0.1, -0.05) is 20.8 Å². The molecule has 134 valence electrons. The molecule has 2 fully saturated rings. The highest BCUT2D eigenvalue weighted by Crippen LogP contribution is 2.41. The second kappa shape index (κ2) is 7.00. The summed E-state index contributed by atoms with van der Waals surface area (Å²) in [5.41, 5.74) is 0.0564. The molecule has 1 amide bonds. The van der Waals surface area contributed by atoms with Gasteiger partial charge in [-0.05, 0) is 70.6 Å². The van der Waals surface area contributed by atoms with Crippen molar-refractivity contribution in [2.45, 2.75) is 104 Å². The lowest BCUT2D eigenvalue weighted by Crippen LogP contribution is -2.46. The number of rotatable bonds is 3. The normalized spacial score (nSPS) is 34.2. The number of nitrogens with one attached hydrogen (secondary N) is 2. The van der Waals surface area contributed by atoms with E-state index in [9.17, 15) is 4.79 Å². The van der Waals surface area contributed by atoms with Gasteiger partial charge in [0.05, 0.1) is 0 Å². The van der Waals surface area contributed by atoms with Crippen LogP contribution >= 0.6 is 0 Å². The lowest BCUT2D eigenvalue weighted by Gasteiger charge is -2.33. The van der Waals surface area contributed by atoms with E-state index in [1.54, 1.807) is 0 Å². The predicted octanol–water partition coefficient (Wildman–Crippen LogP) is 4.24. The van der Waals surface area contributed by atoms with Crippen LogP contribution < -0.4 is 10.6 Å². The first-order valence-corrected chi connectivity index (χ1v) is 9.30. The molecule has 2 aliphatic rings. The van der Waals surface area contributed by atoms with Crippen LogP contribution in [-0.4, -0.2) is 29.8 Å².